The Hall–Kier alpha value is -2.48. The summed E-state index contributed by atoms with van der Waals surface area (Å²) in [5.74, 6) is -0.186. The lowest BCUT2D eigenvalue weighted by molar-refractivity contribution is -0.137. The topological polar surface area (TPSA) is 40.5 Å². The van der Waals surface area contributed by atoms with Gasteiger partial charge >= 0.3 is 12.1 Å². The summed E-state index contributed by atoms with van der Waals surface area (Å²) < 4.78 is 55.5. The monoisotopic (exact) mass is 465 g/mol. The Morgan fingerprint density at radius 2 is 1.94 bits per heavy atom. The third-order valence-corrected chi connectivity index (χ3v) is 6.94. The Morgan fingerprint density at radius 3 is 2.59 bits per heavy atom. The van der Waals surface area contributed by atoms with Gasteiger partial charge in [-0.2, -0.15) is 13.2 Å². The second kappa shape index (κ2) is 9.17. The van der Waals surface area contributed by atoms with E-state index in [4.69, 9.17) is 9.47 Å². The van der Waals surface area contributed by atoms with E-state index in [0.717, 1.165) is 54.8 Å². The van der Waals surface area contributed by atoms with Gasteiger partial charge in [0.05, 0.1) is 34.7 Å². The van der Waals surface area contributed by atoms with Crippen molar-refractivity contribution in [2.45, 2.75) is 64.3 Å². The quantitative estimate of drug-likeness (QED) is 0.344. The number of hydrogen-bond acceptors (Lipinski definition) is 4. The first kappa shape index (κ1) is 22.7. The van der Waals surface area contributed by atoms with Crippen molar-refractivity contribution < 1.29 is 27.4 Å². The molecule has 4 rings (SSSR count). The molecule has 1 saturated carbocycles. The van der Waals surface area contributed by atoms with Gasteiger partial charge in [0.2, 0.25) is 0 Å². The van der Waals surface area contributed by atoms with E-state index < -0.39 is 17.7 Å². The fourth-order valence-electron chi connectivity index (χ4n) is 4.28. The van der Waals surface area contributed by atoms with Crippen molar-refractivity contribution in [3.8, 4) is 17.0 Å². The summed E-state index contributed by atoms with van der Waals surface area (Å²) in [6.07, 6.45) is 1.02. The second-order valence-corrected chi connectivity index (χ2v) is 9.20. The number of fused-ring (bicyclic) bond motifs is 1. The lowest BCUT2D eigenvalue weighted by Gasteiger charge is -2.19. The molecule has 172 valence electrons. The zero-order chi connectivity index (χ0) is 22.9. The SMILES string of the molecule is CCCCn1c(-c2ccc(OC3CCCC3)cc2C(F)(F)F)cc2sc(C(=O)OC)cc21. The van der Waals surface area contributed by atoms with Crippen molar-refractivity contribution in [1.29, 1.82) is 0 Å². The van der Waals surface area contributed by atoms with Gasteiger partial charge in [0.25, 0.3) is 0 Å². The van der Waals surface area contributed by atoms with E-state index in [2.05, 4.69) is 0 Å². The second-order valence-electron chi connectivity index (χ2n) is 8.12. The molecule has 0 atom stereocenters. The number of esters is 1. The van der Waals surface area contributed by atoms with E-state index in [1.807, 2.05) is 11.5 Å². The number of aryl methyl sites for hydroxylation is 1. The number of hydrogen-bond donors (Lipinski definition) is 0. The van der Waals surface area contributed by atoms with Gasteiger partial charge in [0.1, 0.15) is 10.6 Å². The van der Waals surface area contributed by atoms with Crippen LogP contribution in [0.15, 0.2) is 30.3 Å². The number of halogens is 3. The first-order chi connectivity index (χ1) is 15.3. The molecule has 0 aliphatic heterocycles. The molecule has 2 aromatic heterocycles. The average Bonchev–Trinajstić information content (AvgIpc) is 3.48. The van der Waals surface area contributed by atoms with Crippen molar-refractivity contribution in [3.63, 3.8) is 0 Å². The number of benzene rings is 1. The maximum atomic E-state index is 14.1. The molecule has 0 amide bonds. The number of carbonyl (C=O) groups is 1. The average molecular weight is 466 g/mol. The molecule has 0 N–H and O–H groups in total. The predicted molar refractivity (Wildman–Crippen MR) is 119 cm³/mol. The third kappa shape index (κ3) is 4.51. The summed E-state index contributed by atoms with van der Waals surface area (Å²) in [7, 11) is 1.31. The highest BCUT2D eigenvalue weighted by Gasteiger charge is 2.35. The number of aromatic nitrogens is 1. The van der Waals surface area contributed by atoms with Crippen LogP contribution in [-0.4, -0.2) is 23.8 Å². The van der Waals surface area contributed by atoms with Crippen LogP contribution < -0.4 is 4.74 Å². The van der Waals surface area contributed by atoms with E-state index in [9.17, 15) is 18.0 Å². The Balaban J connectivity index is 1.80. The Kier molecular flexibility index (Phi) is 6.51. The fraction of sp³-hybridized carbons (Fsp3) is 0.458. The highest BCUT2D eigenvalue weighted by atomic mass is 32.1. The molecular weight excluding hydrogens is 439 g/mol. The van der Waals surface area contributed by atoms with E-state index >= 15 is 0 Å². The van der Waals surface area contributed by atoms with Crippen LogP contribution in [0.4, 0.5) is 13.2 Å². The first-order valence-electron chi connectivity index (χ1n) is 10.9. The summed E-state index contributed by atoms with van der Waals surface area (Å²) in [4.78, 5) is 12.4. The van der Waals surface area contributed by atoms with Crippen LogP contribution in [0.5, 0.6) is 5.75 Å². The van der Waals surface area contributed by atoms with E-state index in [0.29, 0.717) is 17.1 Å². The zero-order valence-corrected chi connectivity index (χ0v) is 18.9. The van der Waals surface area contributed by atoms with Crippen molar-refractivity contribution in [2.75, 3.05) is 7.11 Å². The highest BCUT2D eigenvalue weighted by Crippen LogP contribution is 2.42. The molecule has 0 spiro atoms. The summed E-state index contributed by atoms with van der Waals surface area (Å²) in [5.41, 5.74) is 0.661. The lowest BCUT2D eigenvalue weighted by Crippen LogP contribution is -2.13. The minimum atomic E-state index is -4.52. The maximum absolute atomic E-state index is 14.1. The van der Waals surface area contributed by atoms with E-state index in [1.54, 1.807) is 18.2 Å². The minimum absolute atomic E-state index is 0.0163. The molecule has 0 saturated heterocycles. The van der Waals surface area contributed by atoms with Crippen molar-refractivity contribution in [3.05, 3.63) is 40.8 Å². The van der Waals surface area contributed by atoms with Crippen LogP contribution in [0.3, 0.4) is 0 Å². The highest BCUT2D eigenvalue weighted by molar-refractivity contribution is 7.20. The number of methoxy groups -OCH3 is 1. The number of rotatable bonds is 7. The van der Waals surface area contributed by atoms with Gasteiger partial charge in [-0.25, -0.2) is 4.79 Å². The van der Waals surface area contributed by atoms with Crippen molar-refractivity contribution in [1.82, 2.24) is 4.57 Å². The molecule has 0 unspecified atom stereocenters. The van der Waals surface area contributed by atoms with Crippen LogP contribution >= 0.6 is 11.3 Å². The fourth-order valence-corrected chi connectivity index (χ4v) is 5.29. The van der Waals surface area contributed by atoms with Crippen LogP contribution in [0.25, 0.3) is 21.5 Å². The molecule has 8 heteroatoms. The molecule has 1 fully saturated rings. The van der Waals surface area contributed by atoms with Crippen LogP contribution in [0, 0.1) is 0 Å². The van der Waals surface area contributed by atoms with Gasteiger partial charge in [0, 0.05) is 12.1 Å². The first-order valence-corrected chi connectivity index (χ1v) is 11.7. The summed E-state index contributed by atoms with van der Waals surface area (Å²) in [6.45, 7) is 2.59. The maximum Gasteiger partial charge on any atom is 0.417 e. The predicted octanol–water partition coefficient (Wildman–Crippen LogP) is 7.30. The van der Waals surface area contributed by atoms with Gasteiger partial charge < -0.3 is 14.0 Å². The lowest BCUT2D eigenvalue weighted by atomic mass is 10.0. The molecule has 4 nitrogen and oxygen atoms in total. The number of ether oxygens (including phenoxy) is 2. The number of alkyl halides is 3. The van der Waals surface area contributed by atoms with E-state index in [1.165, 1.54) is 24.5 Å². The van der Waals surface area contributed by atoms with Gasteiger partial charge in [-0.05, 0) is 62.4 Å². The number of unbranched alkanes of at least 4 members (excludes halogenated alkanes) is 1. The molecule has 1 aromatic carbocycles. The molecule has 32 heavy (non-hydrogen) atoms. The van der Waals surface area contributed by atoms with Crippen LogP contribution in [-0.2, 0) is 17.5 Å². The normalized spacial score (nSPS) is 14.9. The number of nitrogens with zero attached hydrogens (tertiary/aromatic N) is 1. The molecular formula is C24H26F3NO3S. The molecule has 1 aliphatic carbocycles. The number of carbonyl (C=O) groups excluding carboxylic acids is 1. The van der Waals surface area contributed by atoms with Gasteiger partial charge in [-0.15, -0.1) is 11.3 Å². The molecule has 0 radical (unpaired) electrons. The molecule has 1 aliphatic rings. The third-order valence-electron chi connectivity index (χ3n) is 5.89. The summed E-state index contributed by atoms with van der Waals surface area (Å²) >= 11 is 1.23. The van der Waals surface area contributed by atoms with Crippen LogP contribution in [0.2, 0.25) is 0 Å². The largest absolute Gasteiger partial charge is 0.490 e. The standard InChI is InChI=1S/C24H26F3NO3S/c1-3-4-11-28-19(13-21-20(28)14-22(32-21)23(29)30-2)17-10-9-16(12-18(17)24(25,26)27)31-15-7-5-6-8-15/h9-10,12-15H,3-8,11H2,1-2H3. The summed E-state index contributed by atoms with van der Waals surface area (Å²) in [6, 6.07) is 7.71. The molecule has 2 heterocycles. The minimum Gasteiger partial charge on any atom is -0.490 e. The smallest absolute Gasteiger partial charge is 0.417 e. The molecule has 3 aromatic rings. The number of thiophene rings is 1. The van der Waals surface area contributed by atoms with E-state index in [-0.39, 0.29) is 17.4 Å². The Labute approximate surface area is 188 Å². The Morgan fingerprint density at radius 1 is 1.19 bits per heavy atom. The van der Waals surface area contributed by atoms with Crippen molar-refractivity contribution in [2.24, 2.45) is 0 Å². The molecule has 0 bridgehead atoms. The zero-order valence-electron chi connectivity index (χ0n) is 18.1. The van der Waals surface area contributed by atoms with Crippen LogP contribution in [0.1, 0.15) is 60.7 Å². The van der Waals surface area contributed by atoms with Crippen molar-refractivity contribution >= 4 is 27.5 Å². The van der Waals surface area contributed by atoms with Gasteiger partial charge in [0.15, 0.2) is 0 Å². The Bertz CT molecular complexity index is 1110. The van der Waals surface area contributed by atoms with Gasteiger partial charge in [-0.1, -0.05) is 13.3 Å². The summed E-state index contributed by atoms with van der Waals surface area (Å²) in [5, 5.41) is 0. The van der Waals surface area contributed by atoms with Gasteiger partial charge in [-0.3, -0.25) is 0 Å².